The van der Waals surface area contributed by atoms with Crippen LogP contribution in [-0.2, 0) is 46.5 Å². The Morgan fingerprint density at radius 2 is 1.63 bits per heavy atom. The lowest BCUT2D eigenvalue weighted by Crippen LogP contribution is -2.46. The fraction of sp³-hybridized carbons (Fsp3) is 0.303. The lowest BCUT2D eigenvalue weighted by Gasteiger charge is -2.21. The number of aliphatic hydroxyl groups excluding tert-OH is 2. The molecule has 288 valence electrons. The third-order valence-electron chi connectivity index (χ3n) is 7.77. The number of ether oxygens (including phenoxy) is 2. The zero-order valence-electron chi connectivity index (χ0n) is 27.8. The van der Waals surface area contributed by atoms with Gasteiger partial charge in [0.2, 0.25) is 5.91 Å². The van der Waals surface area contributed by atoms with Gasteiger partial charge in [-0.1, -0.05) is 40.8 Å². The maximum absolute atomic E-state index is 13.8. The molecule has 21 heteroatoms. The number of carboxylic acids is 1. The van der Waals surface area contributed by atoms with Gasteiger partial charge in [-0.25, -0.2) is 24.0 Å². The topological polar surface area (TPSA) is 221 Å². The lowest BCUT2D eigenvalue weighted by molar-refractivity contribution is -0.142. The van der Waals surface area contributed by atoms with E-state index in [2.05, 4.69) is 20.6 Å². The van der Waals surface area contributed by atoms with E-state index in [9.17, 15) is 46.7 Å². The minimum Gasteiger partial charge on any atom is -0.491 e. The first-order chi connectivity index (χ1) is 25.7. The number of nitrogens with zero attached hydrogens (tertiary/aromatic N) is 4. The Morgan fingerprint density at radius 1 is 0.963 bits per heavy atom. The third-order valence-corrected chi connectivity index (χ3v) is 9.11. The van der Waals surface area contributed by atoms with Crippen molar-refractivity contribution in [3.05, 3.63) is 95.3 Å². The van der Waals surface area contributed by atoms with Gasteiger partial charge in [-0.3, -0.25) is 4.79 Å². The third kappa shape index (κ3) is 10.9. The number of aromatic nitrogens is 4. The van der Waals surface area contributed by atoms with E-state index in [-0.39, 0.29) is 41.6 Å². The van der Waals surface area contributed by atoms with Crippen LogP contribution >= 0.6 is 11.3 Å². The summed E-state index contributed by atoms with van der Waals surface area (Å²) in [6.07, 6.45) is -6.61. The van der Waals surface area contributed by atoms with Gasteiger partial charge in [-0.15, -0.1) is 5.10 Å². The molecule has 0 saturated carbocycles. The van der Waals surface area contributed by atoms with Crippen LogP contribution in [0, 0.1) is 0 Å². The smallest absolute Gasteiger partial charge is 0.416 e. The lowest BCUT2D eigenvalue weighted by atomic mass is 10.0. The summed E-state index contributed by atoms with van der Waals surface area (Å²) in [7, 11) is 0. The fourth-order valence-electron chi connectivity index (χ4n) is 4.95. The van der Waals surface area contributed by atoms with Crippen molar-refractivity contribution in [2.45, 2.75) is 49.9 Å². The van der Waals surface area contributed by atoms with Gasteiger partial charge >= 0.3 is 12.1 Å². The monoisotopic (exact) mass is 796 g/mol. The Bertz CT molecular complexity index is 2070. The van der Waals surface area contributed by atoms with Crippen molar-refractivity contribution in [1.29, 1.82) is 0 Å². The molecule has 5 rings (SSSR count). The molecule has 5 atom stereocenters. The summed E-state index contributed by atoms with van der Waals surface area (Å²) in [4.78, 5) is 30.2. The van der Waals surface area contributed by atoms with Gasteiger partial charge in [0.1, 0.15) is 61.4 Å². The number of carbonyl (C=O) groups is 2. The second-order valence-electron chi connectivity index (χ2n) is 11.7. The summed E-state index contributed by atoms with van der Waals surface area (Å²) in [5, 5.41) is 45.0. The number of aliphatic hydroxyl groups is 2. The summed E-state index contributed by atoms with van der Waals surface area (Å²) >= 11 is -0.914. The van der Waals surface area contributed by atoms with Crippen LogP contribution < -0.4 is 24.1 Å². The number of carbonyl (C=O) groups excluding carboxylic acids is 1. The van der Waals surface area contributed by atoms with Crippen LogP contribution in [0.5, 0.6) is 16.7 Å². The quantitative estimate of drug-likeness (QED) is 0.0808. The maximum Gasteiger partial charge on any atom is 0.416 e. The van der Waals surface area contributed by atoms with Crippen LogP contribution in [-0.4, -0.2) is 82.9 Å². The summed E-state index contributed by atoms with van der Waals surface area (Å²) < 4.78 is 81.0. The molecule has 0 aliphatic carbocycles. The van der Waals surface area contributed by atoms with Crippen molar-refractivity contribution in [2.24, 2.45) is 5.14 Å². The van der Waals surface area contributed by atoms with Crippen LogP contribution in [0.25, 0.3) is 10.2 Å². The Morgan fingerprint density at radius 3 is 2.28 bits per heavy atom. The number of thiazole rings is 1. The van der Waals surface area contributed by atoms with Gasteiger partial charge in [0.15, 0.2) is 0 Å². The molecular weight excluding hydrogens is 765 g/mol. The number of benzene rings is 3. The molecule has 3 aromatic carbocycles. The van der Waals surface area contributed by atoms with Crippen molar-refractivity contribution in [3.63, 3.8) is 0 Å². The van der Waals surface area contributed by atoms with E-state index in [1.807, 2.05) is 0 Å². The molecule has 0 spiro atoms. The van der Waals surface area contributed by atoms with E-state index in [1.54, 1.807) is 30.3 Å². The first kappa shape index (κ1) is 40.0. The fourth-order valence-corrected chi connectivity index (χ4v) is 6.14. The summed E-state index contributed by atoms with van der Waals surface area (Å²) in [6, 6.07) is 12.4. The molecule has 0 aliphatic rings. The molecule has 54 heavy (non-hydrogen) atoms. The highest BCUT2D eigenvalue weighted by molar-refractivity contribution is 7.78. The Labute approximate surface area is 310 Å². The highest BCUT2D eigenvalue weighted by Gasteiger charge is 2.31. The van der Waals surface area contributed by atoms with E-state index >= 15 is 0 Å². The number of halogens is 4. The summed E-state index contributed by atoms with van der Waals surface area (Å²) in [5.41, 5.74) is 0.653. The van der Waals surface area contributed by atoms with Gasteiger partial charge in [-0.05, 0) is 47.5 Å². The van der Waals surface area contributed by atoms with E-state index in [4.69, 9.17) is 18.8 Å². The first-order valence-corrected chi connectivity index (χ1v) is 17.8. The number of hydrogen-bond acceptors (Lipinski definition) is 12. The number of hydrogen-bond donors (Lipinski definition) is 5. The van der Waals surface area contributed by atoms with Gasteiger partial charge < -0.3 is 34.3 Å². The molecule has 0 bridgehead atoms. The molecule has 2 heterocycles. The highest BCUT2D eigenvalue weighted by atomic mass is 32.2. The van der Waals surface area contributed by atoms with Crippen molar-refractivity contribution >= 4 is 44.7 Å². The molecule has 0 radical (unpaired) electrons. The molecular formula is C33H32F4N6O9S2. The minimum atomic E-state index is -4.58. The van der Waals surface area contributed by atoms with Gasteiger partial charge in [0.05, 0.1) is 22.0 Å². The molecule has 0 fully saturated rings. The molecule has 5 aromatic rings. The number of nitrogens with one attached hydrogen (secondary N) is 1. The van der Waals surface area contributed by atoms with Crippen LogP contribution in [0.2, 0.25) is 0 Å². The van der Waals surface area contributed by atoms with Crippen molar-refractivity contribution < 1.29 is 60.3 Å². The number of rotatable bonds is 18. The van der Waals surface area contributed by atoms with Crippen LogP contribution in [0.4, 0.5) is 17.6 Å². The standard InChI is InChI=1S/C33H32F4N6O9S2/c34-14-27(44)28(45)17-51-22-7-3-19(4-8-22)12-26(30(46)39-25(31(47)48)11-18-1-5-20(6-2-18)33(35,36)37)43-15-21(41-42-43)16-50-23-9-10-29-24(13-23)40-32(53-29)52-54(38)49/h1-10,13,15,25-28,44-45H,11-12,14,16-17,38H2,(H,39,46)(H,47,48)/t25?,26?,27-,28-,54?/m0/s1. The predicted octanol–water partition coefficient (Wildman–Crippen LogP) is 3.07. The molecule has 0 aliphatic heterocycles. The van der Waals surface area contributed by atoms with Crippen LogP contribution in [0.3, 0.4) is 0 Å². The average Bonchev–Trinajstić information content (AvgIpc) is 3.77. The Hall–Kier alpha value is -5.22. The first-order valence-electron chi connectivity index (χ1n) is 15.8. The van der Waals surface area contributed by atoms with E-state index in [0.717, 1.165) is 35.6 Å². The molecule has 1 amide bonds. The number of aliphatic carboxylic acids is 1. The number of carboxylic acid groups (broad SMARTS) is 1. The zero-order valence-corrected chi connectivity index (χ0v) is 29.4. The molecule has 0 saturated heterocycles. The predicted molar refractivity (Wildman–Crippen MR) is 184 cm³/mol. The van der Waals surface area contributed by atoms with Crippen molar-refractivity contribution in [3.8, 4) is 16.7 Å². The zero-order chi connectivity index (χ0) is 39.0. The normalized spacial score (nSPS) is 14.5. The molecule has 15 nitrogen and oxygen atoms in total. The molecule has 3 unspecified atom stereocenters. The minimum absolute atomic E-state index is 0.0515. The highest BCUT2D eigenvalue weighted by Crippen LogP contribution is 2.31. The number of alkyl halides is 4. The largest absolute Gasteiger partial charge is 0.491 e. The van der Waals surface area contributed by atoms with Gasteiger partial charge in [-0.2, -0.15) is 17.4 Å². The van der Waals surface area contributed by atoms with E-state index in [1.165, 1.54) is 23.0 Å². The van der Waals surface area contributed by atoms with Crippen molar-refractivity contribution in [2.75, 3.05) is 13.3 Å². The maximum atomic E-state index is 13.8. The molecule has 6 N–H and O–H groups in total. The van der Waals surface area contributed by atoms with Gasteiger partial charge in [0.25, 0.3) is 16.5 Å². The number of amides is 1. The second kappa shape index (κ2) is 17.7. The summed E-state index contributed by atoms with van der Waals surface area (Å²) in [6.45, 7) is -1.66. The van der Waals surface area contributed by atoms with E-state index in [0.29, 0.717) is 21.5 Å². The van der Waals surface area contributed by atoms with Crippen LogP contribution in [0.1, 0.15) is 28.4 Å². The van der Waals surface area contributed by atoms with E-state index < -0.39 is 72.5 Å². The average molecular weight is 797 g/mol. The number of fused-ring (bicyclic) bond motifs is 1. The number of nitrogens with two attached hydrogens (primary N) is 1. The van der Waals surface area contributed by atoms with Crippen LogP contribution in [0.15, 0.2) is 72.9 Å². The van der Waals surface area contributed by atoms with Gasteiger partial charge in [0, 0.05) is 18.9 Å². The Kier molecular flexibility index (Phi) is 13.1. The van der Waals surface area contributed by atoms with Crippen molar-refractivity contribution in [1.82, 2.24) is 25.3 Å². The SMILES string of the molecule is NS(=O)Oc1nc2cc(OCc3cn(C(Cc4ccc(OC[C@H](O)[C@@H](O)CF)cc4)C(=O)NC(Cc4ccc(C(F)(F)F)cc4)C(=O)O)nn3)ccc2s1. The summed E-state index contributed by atoms with van der Waals surface area (Å²) in [5.74, 6) is -1.57. The molecule has 2 aromatic heterocycles. The Balaban J connectivity index is 1.32. The second-order valence-corrected chi connectivity index (χ2v) is 13.4.